The van der Waals surface area contributed by atoms with E-state index in [1.165, 1.54) is 0 Å². The SMILES string of the molecule is COc1ccc(CNCC(N)C(N)=O)c(OC)c1. The van der Waals surface area contributed by atoms with E-state index >= 15 is 0 Å². The Morgan fingerprint density at radius 2 is 2.11 bits per heavy atom. The Labute approximate surface area is 106 Å². The van der Waals surface area contributed by atoms with Gasteiger partial charge in [-0.3, -0.25) is 4.79 Å². The second-order valence-corrected chi connectivity index (χ2v) is 3.82. The second-order valence-electron chi connectivity index (χ2n) is 3.82. The van der Waals surface area contributed by atoms with Crippen molar-refractivity contribution in [3.8, 4) is 11.5 Å². The molecule has 1 rings (SSSR count). The van der Waals surface area contributed by atoms with Crippen LogP contribution in [0.1, 0.15) is 5.56 Å². The molecular formula is C12H19N3O3. The van der Waals surface area contributed by atoms with E-state index in [-0.39, 0.29) is 0 Å². The van der Waals surface area contributed by atoms with Crippen LogP contribution in [-0.2, 0) is 11.3 Å². The molecule has 0 spiro atoms. The van der Waals surface area contributed by atoms with Crippen LogP contribution in [0.2, 0.25) is 0 Å². The highest BCUT2D eigenvalue weighted by Crippen LogP contribution is 2.24. The van der Waals surface area contributed by atoms with Crippen LogP contribution < -0.4 is 26.3 Å². The molecule has 0 aliphatic carbocycles. The molecule has 0 bridgehead atoms. The number of benzene rings is 1. The third-order valence-electron chi connectivity index (χ3n) is 2.54. The van der Waals surface area contributed by atoms with E-state index in [2.05, 4.69) is 5.32 Å². The molecule has 0 fully saturated rings. The van der Waals surface area contributed by atoms with Crippen molar-refractivity contribution in [2.75, 3.05) is 20.8 Å². The average molecular weight is 253 g/mol. The van der Waals surface area contributed by atoms with E-state index in [0.717, 1.165) is 17.1 Å². The van der Waals surface area contributed by atoms with E-state index in [4.69, 9.17) is 20.9 Å². The van der Waals surface area contributed by atoms with Crippen LogP contribution in [-0.4, -0.2) is 32.7 Å². The van der Waals surface area contributed by atoms with Crippen LogP contribution in [0.5, 0.6) is 11.5 Å². The average Bonchev–Trinajstić information content (AvgIpc) is 2.38. The number of nitrogens with two attached hydrogens (primary N) is 2. The zero-order valence-electron chi connectivity index (χ0n) is 10.6. The first kappa shape index (κ1) is 14.3. The summed E-state index contributed by atoms with van der Waals surface area (Å²) in [6.45, 7) is 0.860. The van der Waals surface area contributed by atoms with Crippen LogP contribution in [0, 0.1) is 0 Å². The first-order chi connectivity index (χ1) is 8.58. The number of ether oxygens (including phenoxy) is 2. The summed E-state index contributed by atoms with van der Waals surface area (Å²) in [6, 6.07) is 4.84. The van der Waals surface area contributed by atoms with Gasteiger partial charge in [0.25, 0.3) is 0 Å². The van der Waals surface area contributed by atoms with Crippen molar-refractivity contribution >= 4 is 5.91 Å². The molecule has 1 unspecified atom stereocenters. The number of methoxy groups -OCH3 is 2. The van der Waals surface area contributed by atoms with Gasteiger partial charge in [0.2, 0.25) is 5.91 Å². The first-order valence-electron chi connectivity index (χ1n) is 5.55. The van der Waals surface area contributed by atoms with E-state index in [1.54, 1.807) is 20.3 Å². The predicted molar refractivity (Wildman–Crippen MR) is 68.4 cm³/mol. The maximum atomic E-state index is 10.8. The molecule has 1 amide bonds. The quantitative estimate of drug-likeness (QED) is 0.614. The molecule has 0 heterocycles. The van der Waals surface area contributed by atoms with Gasteiger partial charge in [-0.25, -0.2) is 0 Å². The van der Waals surface area contributed by atoms with Crippen molar-refractivity contribution in [1.29, 1.82) is 0 Å². The van der Waals surface area contributed by atoms with Crippen molar-refractivity contribution in [3.05, 3.63) is 23.8 Å². The highest BCUT2D eigenvalue weighted by molar-refractivity contribution is 5.79. The Kier molecular flexibility index (Phi) is 5.41. The lowest BCUT2D eigenvalue weighted by Gasteiger charge is -2.12. The van der Waals surface area contributed by atoms with Gasteiger partial charge in [-0.05, 0) is 6.07 Å². The van der Waals surface area contributed by atoms with Crippen molar-refractivity contribution in [3.63, 3.8) is 0 Å². The topological polar surface area (TPSA) is 99.6 Å². The molecular weight excluding hydrogens is 234 g/mol. The normalized spacial score (nSPS) is 11.9. The van der Waals surface area contributed by atoms with Gasteiger partial charge >= 0.3 is 0 Å². The third kappa shape index (κ3) is 3.90. The zero-order chi connectivity index (χ0) is 13.5. The Hall–Kier alpha value is -1.79. The van der Waals surface area contributed by atoms with E-state index < -0.39 is 11.9 Å². The molecule has 18 heavy (non-hydrogen) atoms. The molecule has 1 aromatic rings. The van der Waals surface area contributed by atoms with Gasteiger partial charge in [0.1, 0.15) is 11.5 Å². The standard InChI is InChI=1S/C12H19N3O3/c1-17-9-4-3-8(11(5-9)18-2)6-15-7-10(13)12(14)16/h3-5,10,15H,6-7,13H2,1-2H3,(H2,14,16). The fraction of sp³-hybridized carbons (Fsp3) is 0.417. The third-order valence-corrected chi connectivity index (χ3v) is 2.54. The number of rotatable bonds is 7. The summed E-state index contributed by atoms with van der Waals surface area (Å²) >= 11 is 0. The Morgan fingerprint density at radius 3 is 2.67 bits per heavy atom. The van der Waals surface area contributed by atoms with E-state index in [9.17, 15) is 4.79 Å². The first-order valence-corrected chi connectivity index (χ1v) is 5.55. The molecule has 1 atom stereocenters. The number of primary amides is 1. The molecule has 6 heteroatoms. The summed E-state index contributed by atoms with van der Waals surface area (Å²) in [4.78, 5) is 10.8. The summed E-state index contributed by atoms with van der Waals surface area (Å²) in [6.07, 6.45) is 0. The monoisotopic (exact) mass is 253 g/mol. The molecule has 1 aromatic carbocycles. The van der Waals surface area contributed by atoms with Gasteiger partial charge in [-0.15, -0.1) is 0 Å². The lowest BCUT2D eigenvalue weighted by molar-refractivity contribution is -0.119. The van der Waals surface area contributed by atoms with Gasteiger partial charge in [-0.1, -0.05) is 6.07 Å². The number of nitrogens with one attached hydrogen (secondary N) is 1. The summed E-state index contributed by atoms with van der Waals surface area (Å²) in [7, 11) is 3.19. The van der Waals surface area contributed by atoms with Crippen LogP contribution in [0.15, 0.2) is 18.2 Å². The second kappa shape index (κ2) is 6.83. The minimum absolute atomic E-state index is 0.324. The molecule has 100 valence electrons. The zero-order valence-corrected chi connectivity index (χ0v) is 10.6. The minimum atomic E-state index is -0.686. The smallest absolute Gasteiger partial charge is 0.235 e. The molecule has 5 N–H and O–H groups in total. The highest BCUT2D eigenvalue weighted by Gasteiger charge is 2.09. The van der Waals surface area contributed by atoms with Crippen LogP contribution in [0.4, 0.5) is 0 Å². The van der Waals surface area contributed by atoms with Crippen molar-refractivity contribution in [2.45, 2.75) is 12.6 Å². The maximum absolute atomic E-state index is 10.8. The largest absolute Gasteiger partial charge is 0.497 e. The van der Waals surface area contributed by atoms with Crippen molar-refractivity contribution < 1.29 is 14.3 Å². The predicted octanol–water partition coefficient (Wildman–Crippen LogP) is -0.394. The highest BCUT2D eigenvalue weighted by atomic mass is 16.5. The van der Waals surface area contributed by atoms with Crippen LogP contribution in [0.3, 0.4) is 0 Å². The molecule has 0 aliphatic heterocycles. The van der Waals surface area contributed by atoms with E-state index in [0.29, 0.717) is 13.1 Å². The number of amides is 1. The Morgan fingerprint density at radius 1 is 1.39 bits per heavy atom. The molecule has 0 saturated carbocycles. The van der Waals surface area contributed by atoms with Gasteiger partial charge in [0.05, 0.1) is 20.3 Å². The van der Waals surface area contributed by atoms with Crippen molar-refractivity contribution in [2.24, 2.45) is 11.5 Å². The van der Waals surface area contributed by atoms with Crippen LogP contribution in [0.25, 0.3) is 0 Å². The number of carbonyl (C=O) groups excluding carboxylic acids is 1. The molecule has 0 saturated heterocycles. The molecule has 6 nitrogen and oxygen atoms in total. The Bertz CT molecular complexity index is 410. The molecule has 0 aromatic heterocycles. The number of carbonyl (C=O) groups is 1. The lowest BCUT2D eigenvalue weighted by Crippen LogP contribution is -2.44. The van der Waals surface area contributed by atoms with Crippen LogP contribution >= 0.6 is 0 Å². The van der Waals surface area contributed by atoms with Gasteiger partial charge in [0.15, 0.2) is 0 Å². The summed E-state index contributed by atoms with van der Waals surface area (Å²) in [5.74, 6) is 0.920. The summed E-state index contributed by atoms with van der Waals surface area (Å²) < 4.78 is 10.4. The summed E-state index contributed by atoms with van der Waals surface area (Å²) in [5, 5.41) is 3.05. The molecule has 0 radical (unpaired) electrons. The number of hydrogen-bond donors (Lipinski definition) is 3. The maximum Gasteiger partial charge on any atom is 0.235 e. The minimum Gasteiger partial charge on any atom is -0.497 e. The van der Waals surface area contributed by atoms with Gasteiger partial charge in [-0.2, -0.15) is 0 Å². The Balaban J connectivity index is 2.59. The lowest BCUT2D eigenvalue weighted by atomic mass is 10.2. The summed E-state index contributed by atoms with van der Waals surface area (Å²) in [5.41, 5.74) is 11.5. The number of hydrogen-bond acceptors (Lipinski definition) is 5. The fourth-order valence-electron chi connectivity index (χ4n) is 1.46. The van der Waals surface area contributed by atoms with Gasteiger partial charge in [0, 0.05) is 24.7 Å². The molecule has 0 aliphatic rings. The van der Waals surface area contributed by atoms with E-state index in [1.807, 2.05) is 12.1 Å². The van der Waals surface area contributed by atoms with Gasteiger partial charge < -0.3 is 26.3 Å². The van der Waals surface area contributed by atoms with Crippen molar-refractivity contribution in [1.82, 2.24) is 5.32 Å². The fourth-order valence-corrected chi connectivity index (χ4v) is 1.46.